The minimum absolute atomic E-state index is 0.351. The van der Waals surface area contributed by atoms with Gasteiger partial charge in [-0.05, 0) is 43.6 Å². The van der Waals surface area contributed by atoms with Gasteiger partial charge in [-0.3, -0.25) is 0 Å². The maximum atomic E-state index is 5.70. The second kappa shape index (κ2) is 6.91. The first-order valence-electron chi connectivity index (χ1n) is 5.58. The molecule has 1 atom stereocenters. The highest BCUT2D eigenvalue weighted by Crippen LogP contribution is 2.17. The molecule has 0 aliphatic heterocycles. The third-order valence-electron chi connectivity index (χ3n) is 2.47. The van der Waals surface area contributed by atoms with Gasteiger partial charge in [0.05, 0.1) is 0 Å². The molecule has 0 spiro atoms. The molecule has 1 rings (SSSR count). The van der Waals surface area contributed by atoms with Gasteiger partial charge in [0.15, 0.2) is 0 Å². The molecular weight excluding hydrogens is 202 g/mol. The van der Waals surface area contributed by atoms with E-state index in [-0.39, 0.29) is 0 Å². The lowest BCUT2D eigenvalue weighted by Crippen LogP contribution is -2.14. The van der Waals surface area contributed by atoms with E-state index in [4.69, 9.17) is 5.73 Å². The van der Waals surface area contributed by atoms with Crippen molar-refractivity contribution < 1.29 is 0 Å². The van der Waals surface area contributed by atoms with E-state index in [1.807, 2.05) is 11.8 Å². The second-order valence-electron chi connectivity index (χ2n) is 4.10. The Morgan fingerprint density at radius 2 is 2.07 bits per heavy atom. The Labute approximate surface area is 97.4 Å². The first-order chi connectivity index (χ1) is 7.20. The van der Waals surface area contributed by atoms with Crippen LogP contribution < -0.4 is 5.73 Å². The van der Waals surface area contributed by atoms with Crippen LogP contribution in [-0.2, 0) is 5.75 Å². The van der Waals surface area contributed by atoms with Crippen LogP contribution in [0.5, 0.6) is 0 Å². The fourth-order valence-electron chi connectivity index (χ4n) is 1.46. The topological polar surface area (TPSA) is 26.0 Å². The van der Waals surface area contributed by atoms with Crippen molar-refractivity contribution in [2.45, 2.75) is 38.5 Å². The summed E-state index contributed by atoms with van der Waals surface area (Å²) in [5, 5.41) is 0. The summed E-state index contributed by atoms with van der Waals surface area (Å²) < 4.78 is 0. The summed E-state index contributed by atoms with van der Waals surface area (Å²) in [6.07, 6.45) is 2.37. The molecule has 1 nitrogen and oxygen atoms in total. The third-order valence-corrected chi connectivity index (χ3v) is 3.56. The van der Waals surface area contributed by atoms with Crippen molar-refractivity contribution in [2.24, 2.45) is 5.73 Å². The highest BCUT2D eigenvalue weighted by molar-refractivity contribution is 7.98. The molecule has 1 aromatic carbocycles. The normalized spacial score (nSPS) is 12.7. The van der Waals surface area contributed by atoms with Gasteiger partial charge in [-0.15, -0.1) is 0 Å². The zero-order chi connectivity index (χ0) is 11.1. The minimum Gasteiger partial charge on any atom is -0.328 e. The van der Waals surface area contributed by atoms with Gasteiger partial charge in [-0.2, -0.15) is 11.8 Å². The Morgan fingerprint density at radius 1 is 1.33 bits per heavy atom. The van der Waals surface area contributed by atoms with Crippen molar-refractivity contribution in [2.75, 3.05) is 5.75 Å². The van der Waals surface area contributed by atoms with Crippen molar-refractivity contribution in [3.63, 3.8) is 0 Å². The first kappa shape index (κ1) is 12.6. The second-order valence-corrected chi connectivity index (χ2v) is 5.20. The van der Waals surface area contributed by atoms with Crippen LogP contribution in [0.2, 0.25) is 0 Å². The van der Waals surface area contributed by atoms with Gasteiger partial charge in [0.1, 0.15) is 0 Å². The molecule has 1 aromatic rings. The number of hydrogen-bond donors (Lipinski definition) is 1. The molecule has 0 aliphatic rings. The fourth-order valence-corrected chi connectivity index (χ4v) is 2.52. The van der Waals surface area contributed by atoms with Gasteiger partial charge >= 0.3 is 0 Å². The number of hydrogen-bond acceptors (Lipinski definition) is 2. The molecular formula is C13H21NS. The lowest BCUT2D eigenvalue weighted by molar-refractivity contribution is 0.656. The molecule has 15 heavy (non-hydrogen) atoms. The molecule has 2 N–H and O–H groups in total. The largest absolute Gasteiger partial charge is 0.328 e. The smallest absolute Gasteiger partial charge is 0.0187 e. The molecule has 0 radical (unpaired) electrons. The zero-order valence-electron chi connectivity index (χ0n) is 9.70. The fraction of sp³-hybridized carbons (Fsp3) is 0.538. The molecule has 0 fully saturated rings. The van der Waals surface area contributed by atoms with Crippen LogP contribution in [0.4, 0.5) is 0 Å². The zero-order valence-corrected chi connectivity index (χ0v) is 10.5. The maximum absolute atomic E-state index is 5.70. The van der Waals surface area contributed by atoms with E-state index in [2.05, 4.69) is 38.1 Å². The van der Waals surface area contributed by atoms with Crippen LogP contribution in [0.3, 0.4) is 0 Å². The Morgan fingerprint density at radius 3 is 2.73 bits per heavy atom. The lowest BCUT2D eigenvalue weighted by atomic mass is 10.1. The van der Waals surface area contributed by atoms with Crippen LogP contribution in [-0.4, -0.2) is 11.8 Å². The molecule has 0 saturated heterocycles. The summed E-state index contributed by atoms with van der Waals surface area (Å²) in [6.45, 7) is 4.25. The number of aryl methyl sites for hydroxylation is 1. The predicted molar refractivity (Wildman–Crippen MR) is 70.2 cm³/mol. The van der Waals surface area contributed by atoms with Crippen LogP contribution in [0.15, 0.2) is 24.3 Å². The number of benzene rings is 1. The predicted octanol–water partition coefficient (Wildman–Crippen LogP) is 3.36. The van der Waals surface area contributed by atoms with Crippen LogP contribution >= 0.6 is 11.8 Å². The highest BCUT2D eigenvalue weighted by Gasteiger charge is 1.98. The van der Waals surface area contributed by atoms with Gasteiger partial charge in [-0.25, -0.2) is 0 Å². The van der Waals surface area contributed by atoms with Gasteiger partial charge < -0.3 is 5.73 Å². The van der Waals surface area contributed by atoms with Crippen LogP contribution in [0.1, 0.15) is 30.9 Å². The van der Waals surface area contributed by atoms with E-state index in [1.54, 1.807) is 0 Å². The third kappa shape index (κ3) is 5.24. The van der Waals surface area contributed by atoms with E-state index in [0.717, 1.165) is 12.2 Å². The summed E-state index contributed by atoms with van der Waals surface area (Å²) in [5.41, 5.74) is 8.56. The van der Waals surface area contributed by atoms with Gasteiger partial charge in [0.25, 0.3) is 0 Å². The molecule has 0 bridgehead atoms. The van der Waals surface area contributed by atoms with Crippen molar-refractivity contribution in [1.82, 2.24) is 0 Å². The van der Waals surface area contributed by atoms with Crippen molar-refractivity contribution in [3.05, 3.63) is 35.4 Å². The monoisotopic (exact) mass is 223 g/mol. The molecule has 0 aliphatic carbocycles. The van der Waals surface area contributed by atoms with Gasteiger partial charge in [0, 0.05) is 11.8 Å². The number of nitrogens with two attached hydrogens (primary N) is 1. The quantitative estimate of drug-likeness (QED) is 0.748. The van der Waals surface area contributed by atoms with Gasteiger partial charge in [-0.1, -0.05) is 24.3 Å². The minimum atomic E-state index is 0.351. The SMILES string of the molecule is Cc1ccccc1CSCCCC(C)N. The van der Waals surface area contributed by atoms with E-state index in [0.29, 0.717) is 6.04 Å². The Kier molecular flexibility index (Phi) is 5.81. The number of thioether (sulfide) groups is 1. The Hall–Kier alpha value is -0.470. The maximum Gasteiger partial charge on any atom is 0.0187 e. The molecule has 0 amide bonds. The Bertz CT molecular complexity index is 284. The lowest BCUT2D eigenvalue weighted by Gasteiger charge is -2.06. The van der Waals surface area contributed by atoms with Crippen LogP contribution in [0, 0.1) is 6.92 Å². The van der Waals surface area contributed by atoms with E-state index < -0.39 is 0 Å². The summed E-state index contributed by atoms with van der Waals surface area (Å²) in [5.74, 6) is 2.35. The molecule has 2 heteroatoms. The van der Waals surface area contributed by atoms with Crippen LogP contribution in [0.25, 0.3) is 0 Å². The summed E-state index contributed by atoms with van der Waals surface area (Å²) in [4.78, 5) is 0. The summed E-state index contributed by atoms with van der Waals surface area (Å²) in [6, 6.07) is 8.96. The average Bonchev–Trinajstić information content (AvgIpc) is 2.20. The van der Waals surface area contributed by atoms with Crippen molar-refractivity contribution in [1.29, 1.82) is 0 Å². The molecule has 0 aromatic heterocycles. The van der Waals surface area contributed by atoms with Crippen molar-refractivity contribution in [3.8, 4) is 0 Å². The average molecular weight is 223 g/mol. The standard InChI is InChI=1S/C13H21NS/c1-11-6-3-4-8-13(11)10-15-9-5-7-12(2)14/h3-4,6,8,12H,5,7,9-10,14H2,1-2H3. The molecule has 1 unspecified atom stereocenters. The summed E-state index contributed by atoms with van der Waals surface area (Å²) in [7, 11) is 0. The Balaban J connectivity index is 2.18. The molecule has 0 heterocycles. The van der Waals surface area contributed by atoms with E-state index >= 15 is 0 Å². The van der Waals surface area contributed by atoms with E-state index in [9.17, 15) is 0 Å². The van der Waals surface area contributed by atoms with Gasteiger partial charge in [0.2, 0.25) is 0 Å². The molecule has 0 saturated carbocycles. The first-order valence-corrected chi connectivity index (χ1v) is 6.73. The van der Waals surface area contributed by atoms with Crippen molar-refractivity contribution >= 4 is 11.8 Å². The summed E-state index contributed by atoms with van der Waals surface area (Å²) >= 11 is 2.01. The molecule has 84 valence electrons. The van der Waals surface area contributed by atoms with E-state index in [1.165, 1.54) is 23.3 Å². The number of rotatable bonds is 6. The highest BCUT2D eigenvalue weighted by atomic mass is 32.2.